The van der Waals surface area contributed by atoms with Crippen LogP contribution >= 0.6 is 0 Å². The van der Waals surface area contributed by atoms with Crippen molar-refractivity contribution >= 4 is 17.9 Å². The lowest BCUT2D eigenvalue weighted by atomic mass is 10.0. The number of carboxylic acid groups (broad SMARTS) is 1. The number of hydrogen-bond acceptors (Lipinski definition) is 8. The summed E-state index contributed by atoms with van der Waals surface area (Å²) in [7, 11) is 5.89. The van der Waals surface area contributed by atoms with Crippen molar-refractivity contribution in [1.29, 1.82) is 0 Å². The van der Waals surface area contributed by atoms with Gasteiger partial charge in [-0.3, -0.25) is 9.59 Å². The first-order valence-corrected chi connectivity index (χ1v) is 29.0. The number of allylic oxidation sites excluding steroid dienone is 18. The Bertz CT molecular complexity index is 1560. The van der Waals surface area contributed by atoms with Crippen molar-refractivity contribution < 1.29 is 42.9 Å². The second-order valence-electron chi connectivity index (χ2n) is 20.2. The highest BCUT2D eigenvalue weighted by Gasteiger charge is 2.21. The zero-order valence-corrected chi connectivity index (χ0v) is 47.2. The lowest BCUT2D eigenvalue weighted by Crippen LogP contribution is -2.44. The lowest BCUT2D eigenvalue weighted by molar-refractivity contribution is -0.870. The summed E-state index contributed by atoms with van der Waals surface area (Å²) in [6, 6.07) is 0. The van der Waals surface area contributed by atoms with Gasteiger partial charge in [0, 0.05) is 12.8 Å². The van der Waals surface area contributed by atoms with E-state index in [9.17, 15) is 19.5 Å². The first-order valence-electron chi connectivity index (χ1n) is 29.0. The summed E-state index contributed by atoms with van der Waals surface area (Å²) >= 11 is 0. The van der Waals surface area contributed by atoms with Gasteiger partial charge in [0.2, 0.25) is 0 Å². The topological polar surface area (TPSA) is 111 Å². The van der Waals surface area contributed by atoms with Crippen molar-refractivity contribution in [2.75, 3.05) is 47.5 Å². The van der Waals surface area contributed by atoms with E-state index >= 15 is 0 Å². The molecule has 0 saturated carbocycles. The molecule has 0 amide bonds. The molecule has 0 rings (SSSR count). The number of carboxylic acids is 1. The minimum atomic E-state index is -1.65. The lowest BCUT2D eigenvalue weighted by Gasteiger charge is -2.26. The molecule has 0 heterocycles. The molecule has 0 aromatic rings. The fourth-order valence-corrected chi connectivity index (χ4v) is 7.57. The Labute approximate surface area is 447 Å². The van der Waals surface area contributed by atoms with E-state index in [4.69, 9.17) is 18.9 Å². The highest BCUT2D eigenvalue weighted by Crippen LogP contribution is 2.15. The second kappa shape index (κ2) is 54.2. The molecule has 0 aliphatic heterocycles. The Balaban J connectivity index is 4.29. The van der Waals surface area contributed by atoms with Gasteiger partial charge < -0.3 is 33.3 Å². The molecule has 0 aromatic heterocycles. The van der Waals surface area contributed by atoms with E-state index in [-0.39, 0.29) is 38.6 Å². The molecule has 9 heteroatoms. The van der Waals surface area contributed by atoms with Crippen LogP contribution in [0.1, 0.15) is 219 Å². The maximum atomic E-state index is 12.8. The number of aliphatic carboxylic acids is 1. The van der Waals surface area contributed by atoms with Gasteiger partial charge in [-0.05, 0) is 89.9 Å². The van der Waals surface area contributed by atoms with Crippen molar-refractivity contribution in [1.82, 2.24) is 0 Å². The second-order valence-corrected chi connectivity index (χ2v) is 20.2. The molecule has 9 nitrogen and oxygen atoms in total. The van der Waals surface area contributed by atoms with E-state index in [0.717, 1.165) is 70.6 Å². The predicted octanol–water partition coefficient (Wildman–Crippen LogP) is 15.8. The summed E-state index contributed by atoms with van der Waals surface area (Å²) in [5.41, 5.74) is 0. The molecule has 2 unspecified atom stereocenters. The summed E-state index contributed by atoms with van der Waals surface area (Å²) in [6.07, 6.45) is 71.6. The van der Waals surface area contributed by atoms with E-state index in [1.165, 1.54) is 116 Å². The molecule has 0 aromatic carbocycles. The normalized spacial score (nSPS) is 13.6. The van der Waals surface area contributed by atoms with E-state index < -0.39 is 24.3 Å². The number of carbonyl (C=O) groups is 3. The number of nitrogens with zero attached hydrogens (tertiary/aromatic N) is 1. The SMILES string of the molecule is CC/C=C\C/C=C\C/C=C\C/C=C\C/C=C\C/C=C\CCC(=O)OC(COC(=O)CCCCCCCCCCCCCCCC/C=C\C/C=C\C/C=C\CCCCCCC)COC(OCC[N+](C)(C)C)C(=O)[O-]. The molecule has 0 saturated heterocycles. The Morgan fingerprint density at radius 3 is 1.22 bits per heavy atom. The smallest absolute Gasteiger partial charge is 0.306 e. The zero-order valence-electron chi connectivity index (χ0n) is 47.2. The number of ether oxygens (including phenoxy) is 4. The molecule has 0 fully saturated rings. The van der Waals surface area contributed by atoms with E-state index in [2.05, 4.69) is 111 Å². The number of hydrogen-bond donors (Lipinski definition) is 0. The minimum Gasteiger partial charge on any atom is -0.545 e. The predicted molar refractivity (Wildman–Crippen MR) is 306 cm³/mol. The van der Waals surface area contributed by atoms with Crippen molar-refractivity contribution in [3.63, 3.8) is 0 Å². The molecular weight excluding hydrogens is 911 g/mol. The third kappa shape index (κ3) is 55.5. The van der Waals surface area contributed by atoms with Crippen molar-refractivity contribution in [3.8, 4) is 0 Å². The number of quaternary nitrogens is 1. The van der Waals surface area contributed by atoms with E-state index in [0.29, 0.717) is 17.4 Å². The van der Waals surface area contributed by atoms with Crippen molar-refractivity contribution in [2.45, 2.75) is 232 Å². The largest absolute Gasteiger partial charge is 0.545 e. The number of carbonyl (C=O) groups excluding carboxylic acids is 3. The van der Waals surface area contributed by atoms with Crippen LogP contribution < -0.4 is 5.11 Å². The molecule has 0 N–H and O–H groups in total. The van der Waals surface area contributed by atoms with Gasteiger partial charge in [0.15, 0.2) is 12.4 Å². The molecule has 0 aliphatic rings. The van der Waals surface area contributed by atoms with Gasteiger partial charge in [-0.25, -0.2) is 0 Å². The van der Waals surface area contributed by atoms with Crippen LogP contribution in [0.4, 0.5) is 0 Å². The molecular formula is C64H107NO8. The standard InChI is InChI=1S/C64H107NO8/c1-6-8-10-12-14-16-18-20-22-24-26-27-28-29-30-31-32-33-34-35-37-38-40-42-44-46-48-50-52-54-61(66)71-58-60(59-72-64(63(68)69)70-57-56-65(3,4)5)73-62(67)55-53-51-49-47-45-43-41-39-36-25-23-21-19-17-15-13-11-9-7-2/h9,11,15,17-18,20-21,23-24,26,28-29,36,39,43,45,49,51,60,64H,6-8,10,12-14,16,19,22,25,27,30-35,37-38,40-42,44,46-48,50,52-59H2,1-5H3/b11-9-,17-15-,20-18-,23-21-,26-24-,29-28-,39-36-,45-43-,51-49-. The van der Waals surface area contributed by atoms with Gasteiger partial charge in [-0.15, -0.1) is 0 Å². The van der Waals surface area contributed by atoms with Crippen LogP contribution in [0, 0.1) is 0 Å². The van der Waals surface area contributed by atoms with Crippen LogP contribution in [-0.4, -0.2) is 82.3 Å². The third-order valence-corrected chi connectivity index (χ3v) is 12.0. The number of rotatable bonds is 52. The average Bonchev–Trinajstić information content (AvgIpc) is 3.36. The quantitative estimate of drug-likeness (QED) is 0.0195. The first kappa shape index (κ1) is 69.0. The molecule has 0 spiro atoms. The first-order chi connectivity index (χ1) is 35.6. The number of unbranched alkanes of at least 4 members (excludes halogenated alkanes) is 19. The molecule has 0 radical (unpaired) electrons. The van der Waals surface area contributed by atoms with Gasteiger partial charge in [0.25, 0.3) is 0 Å². The highest BCUT2D eigenvalue weighted by molar-refractivity contribution is 5.70. The van der Waals surface area contributed by atoms with Crippen LogP contribution in [0.2, 0.25) is 0 Å². The molecule has 0 bridgehead atoms. The monoisotopic (exact) mass is 1020 g/mol. The maximum Gasteiger partial charge on any atom is 0.306 e. The Hall–Kier alpha value is -4.05. The van der Waals surface area contributed by atoms with Crippen LogP contribution in [0.15, 0.2) is 109 Å². The number of esters is 2. The van der Waals surface area contributed by atoms with Crippen molar-refractivity contribution in [3.05, 3.63) is 109 Å². The highest BCUT2D eigenvalue weighted by atomic mass is 16.7. The van der Waals surface area contributed by atoms with Crippen molar-refractivity contribution in [2.24, 2.45) is 0 Å². The molecule has 416 valence electrons. The summed E-state index contributed by atoms with van der Waals surface area (Å²) in [6.45, 7) is 4.53. The van der Waals surface area contributed by atoms with Gasteiger partial charge in [0.05, 0.1) is 40.3 Å². The van der Waals surface area contributed by atoms with Crippen LogP contribution in [0.5, 0.6) is 0 Å². The van der Waals surface area contributed by atoms with Gasteiger partial charge in [-0.2, -0.15) is 0 Å². The average molecular weight is 1020 g/mol. The van der Waals surface area contributed by atoms with Gasteiger partial charge in [0.1, 0.15) is 13.2 Å². The summed E-state index contributed by atoms with van der Waals surface area (Å²) in [4.78, 5) is 37.2. The maximum absolute atomic E-state index is 12.8. The summed E-state index contributed by atoms with van der Waals surface area (Å²) in [5, 5.41) is 11.8. The van der Waals surface area contributed by atoms with E-state index in [1.807, 2.05) is 33.3 Å². The fourth-order valence-electron chi connectivity index (χ4n) is 7.57. The molecule has 73 heavy (non-hydrogen) atoms. The Morgan fingerprint density at radius 2 is 0.808 bits per heavy atom. The molecule has 2 atom stereocenters. The fraction of sp³-hybridized carbons (Fsp3) is 0.672. The Kier molecular flexibility index (Phi) is 51.2. The zero-order chi connectivity index (χ0) is 53.4. The summed E-state index contributed by atoms with van der Waals surface area (Å²) in [5.74, 6) is -2.41. The number of likely N-dealkylation sites (N-methyl/N-ethyl adjacent to an activating group) is 1. The van der Waals surface area contributed by atoms with Gasteiger partial charge >= 0.3 is 11.9 Å². The molecule has 0 aliphatic carbocycles. The van der Waals surface area contributed by atoms with Gasteiger partial charge in [-0.1, -0.05) is 226 Å². The van der Waals surface area contributed by atoms with Crippen LogP contribution in [-0.2, 0) is 33.3 Å². The summed E-state index contributed by atoms with van der Waals surface area (Å²) < 4.78 is 22.6. The van der Waals surface area contributed by atoms with E-state index in [1.54, 1.807) is 0 Å². The van der Waals surface area contributed by atoms with Crippen LogP contribution in [0.25, 0.3) is 0 Å². The Morgan fingerprint density at radius 1 is 0.425 bits per heavy atom. The minimum absolute atomic E-state index is 0.117. The third-order valence-electron chi connectivity index (χ3n) is 12.0. The van der Waals surface area contributed by atoms with Crippen LogP contribution in [0.3, 0.4) is 0 Å².